The van der Waals surface area contributed by atoms with E-state index in [4.69, 9.17) is 0 Å². The van der Waals surface area contributed by atoms with Gasteiger partial charge in [-0.3, -0.25) is 9.36 Å². The normalized spacial score (nSPS) is 14.5. The molecule has 8 nitrogen and oxygen atoms in total. The largest absolute Gasteiger partial charge is 0.324 e. The number of rotatable bonds is 8. The fourth-order valence-corrected chi connectivity index (χ4v) is 7.44. The van der Waals surface area contributed by atoms with Crippen molar-refractivity contribution in [3.63, 3.8) is 0 Å². The first kappa shape index (κ1) is 25.7. The number of amides is 1. The topological polar surface area (TPSA) is 97.2 Å². The molecule has 11 heteroatoms. The summed E-state index contributed by atoms with van der Waals surface area (Å²) in [5, 5.41) is 14.1. The molecule has 0 unspecified atom stereocenters. The van der Waals surface area contributed by atoms with Gasteiger partial charge in [-0.25, -0.2) is 8.42 Å². The summed E-state index contributed by atoms with van der Waals surface area (Å²) in [5.74, 6) is 0.439. The van der Waals surface area contributed by atoms with Crippen molar-refractivity contribution in [3.8, 4) is 16.4 Å². The summed E-state index contributed by atoms with van der Waals surface area (Å²) in [4.78, 5) is 14.1. The van der Waals surface area contributed by atoms with Crippen LogP contribution >= 0.6 is 23.1 Å². The highest BCUT2D eigenvalue weighted by Crippen LogP contribution is 2.31. The first-order valence-electron chi connectivity index (χ1n) is 12.0. The summed E-state index contributed by atoms with van der Waals surface area (Å²) >= 11 is 2.82. The quantitative estimate of drug-likeness (QED) is 0.301. The van der Waals surface area contributed by atoms with E-state index >= 15 is 0 Å². The maximum atomic E-state index is 13.4. The van der Waals surface area contributed by atoms with Crippen molar-refractivity contribution in [2.24, 2.45) is 0 Å². The molecule has 1 fully saturated rings. The number of thiophene rings is 1. The summed E-state index contributed by atoms with van der Waals surface area (Å²) in [6, 6.07) is 18.8. The van der Waals surface area contributed by atoms with Gasteiger partial charge in [-0.1, -0.05) is 48.5 Å². The molecule has 1 aliphatic heterocycles. The minimum Gasteiger partial charge on any atom is -0.324 e. The fraction of sp³-hybridized carbons (Fsp3) is 0.269. The molecule has 1 amide bonds. The van der Waals surface area contributed by atoms with Crippen LogP contribution in [0.3, 0.4) is 0 Å². The van der Waals surface area contributed by atoms with Gasteiger partial charge in [0, 0.05) is 18.8 Å². The number of nitrogens with one attached hydrogen (secondary N) is 1. The Labute approximate surface area is 224 Å². The molecule has 1 N–H and O–H groups in total. The maximum Gasteiger partial charge on any atom is 0.245 e. The lowest BCUT2D eigenvalue weighted by Crippen LogP contribution is -2.36. The number of benzene rings is 2. The Bertz CT molecular complexity index is 1480. The molecule has 2 aromatic carbocycles. The van der Waals surface area contributed by atoms with E-state index in [1.165, 1.54) is 16.1 Å². The standard InChI is InChI=1S/C26H27N5O3S3/c1-19-12-13-21(23(17-19)37(33,34)30-14-6-3-7-15-30)27-24(32)18-36-26-29-28-25(22-11-8-16-35-22)31(26)20-9-4-2-5-10-20/h2,4-5,8-13,16-17H,3,6-7,14-15,18H2,1H3,(H,27,32). The van der Waals surface area contributed by atoms with Crippen LogP contribution in [0.2, 0.25) is 0 Å². The molecule has 192 valence electrons. The number of hydrogen-bond acceptors (Lipinski definition) is 7. The molecule has 0 spiro atoms. The third-order valence-corrected chi connectivity index (χ3v) is 9.80. The van der Waals surface area contributed by atoms with E-state index in [2.05, 4.69) is 15.5 Å². The highest BCUT2D eigenvalue weighted by molar-refractivity contribution is 7.99. The second kappa shape index (κ2) is 11.2. The molecule has 4 aromatic rings. The third kappa shape index (κ3) is 5.64. The number of sulfonamides is 1. The van der Waals surface area contributed by atoms with E-state index < -0.39 is 10.0 Å². The lowest BCUT2D eigenvalue weighted by Gasteiger charge is -2.27. The SMILES string of the molecule is Cc1ccc(NC(=O)CSc2nnc(-c3cccs3)n2-c2ccccc2)c(S(=O)(=O)N2CCCCC2)c1. The molecule has 0 radical (unpaired) electrons. The van der Waals surface area contributed by atoms with Crippen LogP contribution in [0.25, 0.3) is 16.4 Å². The summed E-state index contributed by atoms with van der Waals surface area (Å²) in [7, 11) is -3.71. The van der Waals surface area contributed by atoms with Crippen molar-refractivity contribution in [1.29, 1.82) is 0 Å². The van der Waals surface area contributed by atoms with Crippen molar-refractivity contribution < 1.29 is 13.2 Å². The van der Waals surface area contributed by atoms with E-state index in [1.54, 1.807) is 29.5 Å². The van der Waals surface area contributed by atoms with Gasteiger partial charge in [-0.2, -0.15) is 4.31 Å². The number of piperidine rings is 1. The Morgan fingerprint density at radius 2 is 1.81 bits per heavy atom. The molecule has 0 atom stereocenters. The highest BCUT2D eigenvalue weighted by atomic mass is 32.2. The Balaban J connectivity index is 1.36. The number of anilines is 1. The van der Waals surface area contributed by atoms with Crippen molar-refractivity contribution >= 4 is 44.7 Å². The average molecular weight is 554 g/mol. The number of aryl methyl sites for hydroxylation is 1. The van der Waals surface area contributed by atoms with Crippen LogP contribution in [0, 0.1) is 6.92 Å². The lowest BCUT2D eigenvalue weighted by molar-refractivity contribution is -0.113. The number of hydrogen-bond donors (Lipinski definition) is 1. The zero-order valence-electron chi connectivity index (χ0n) is 20.3. The van der Waals surface area contributed by atoms with Crippen LogP contribution in [0.1, 0.15) is 24.8 Å². The van der Waals surface area contributed by atoms with Gasteiger partial charge in [0.25, 0.3) is 0 Å². The predicted molar refractivity (Wildman–Crippen MR) is 148 cm³/mol. The second-order valence-corrected chi connectivity index (χ2v) is 12.6. The minimum absolute atomic E-state index is 0.0481. The van der Waals surface area contributed by atoms with Gasteiger partial charge < -0.3 is 5.32 Å². The number of carbonyl (C=O) groups excluding carboxylic acids is 1. The number of aromatic nitrogens is 3. The van der Waals surface area contributed by atoms with Crippen LogP contribution in [0.15, 0.2) is 76.1 Å². The Morgan fingerprint density at radius 1 is 1.03 bits per heavy atom. The van der Waals surface area contributed by atoms with Gasteiger partial charge in [0.2, 0.25) is 15.9 Å². The minimum atomic E-state index is -3.71. The van der Waals surface area contributed by atoms with Crippen LogP contribution in [-0.4, -0.2) is 52.2 Å². The summed E-state index contributed by atoms with van der Waals surface area (Å²) < 4.78 is 30.2. The monoisotopic (exact) mass is 553 g/mol. The molecule has 0 saturated carbocycles. The van der Waals surface area contributed by atoms with Crippen LogP contribution in [0.5, 0.6) is 0 Å². The molecule has 3 heterocycles. The molecular formula is C26H27N5O3S3. The zero-order chi connectivity index (χ0) is 25.8. The van der Waals surface area contributed by atoms with Crippen molar-refractivity contribution in [1.82, 2.24) is 19.1 Å². The molecule has 1 aliphatic rings. The van der Waals surface area contributed by atoms with Crippen molar-refractivity contribution in [3.05, 3.63) is 71.6 Å². The van der Waals surface area contributed by atoms with E-state index in [-0.39, 0.29) is 16.6 Å². The van der Waals surface area contributed by atoms with Gasteiger partial charge in [0.05, 0.1) is 16.3 Å². The number of para-hydroxylation sites is 1. The van der Waals surface area contributed by atoms with Crippen molar-refractivity contribution in [2.75, 3.05) is 24.2 Å². The van der Waals surface area contributed by atoms with Crippen LogP contribution in [-0.2, 0) is 14.8 Å². The van der Waals surface area contributed by atoms with E-state index in [0.717, 1.165) is 35.4 Å². The second-order valence-electron chi connectivity index (χ2n) is 8.76. The van der Waals surface area contributed by atoms with Gasteiger partial charge in [0.1, 0.15) is 4.90 Å². The van der Waals surface area contributed by atoms with Crippen LogP contribution in [0.4, 0.5) is 5.69 Å². The maximum absolute atomic E-state index is 13.4. The predicted octanol–water partition coefficient (Wildman–Crippen LogP) is 5.21. The first-order chi connectivity index (χ1) is 17.9. The molecular weight excluding hydrogens is 527 g/mol. The number of nitrogens with zero attached hydrogens (tertiary/aromatic N) is 4. The Hall–Kier alpha value is -2.99. The summed E-state index contributed by atoms with van der Waals surface area (Å²) in [6.45, 7) is 2.85. The smallest absolute Gasteiger partial charge is 0.245 e. The Morgan fingerprint density at radius 3 is 2.54 bits per heavy atom. The van der Waals surface area contributed by atoms with Gasteiger partial charge >= 0.3 is 0 Å². The third-order valence-electron chi connectivity index (χ3n) is 6.07. The molecule has 1 saturated heterocycles. The molecule has 0 aliphatic carbocycles. The first-order valence-corrected chi connectivity index (χ1v) is 15.3. The summed E-state index contributed by atoms with van der Waals surface area (Å²) in [5.41, 5.74) is 2.01. The highest BCUT2D eigenvalue weighted by Gasteiger charge is 2.29. The van der Waals surface area contributed by atoms with E-state index in [9.17, 15) is 13.2 Å². The molecule has 37 heavy (non-hydrogen) atoms. The van der Waals surface area contributed by atoms with E-state index in [1.807, 2.05) is 59.3 Å². The molecule has 5 rings (SSSR count). The van der Waals surface area contributed by atoms with E-state index in [0.29, 0.717) is 29.8 Å². The molecule has 0 bridgehead atoms. The number of carbonyl (C=O) groups is 1. The fourth-order valence-electron chi connectivity index (χ4n) is 4.25. The lowest BCUT2D eigenvalue weighted by atomic mass is 10.2. The average Bonchev–Trinajstić information content (AvgIpc) is 3.59. The van der Waals surface area contributed by atoms with Gasteiger partial charge in [0.15, 0.2) is 11.0 Å². The number of thioether (sulfide) groups is 1. The Kier molecular flexibility index (Phi) is 7.75. The molecule has 2 aromatic heterocycles. The zero-order valence-corrected chi connectivity index (χ0v) is 22.8. The van der Waals surface area contributed by atoms with Gasteiger partial charge in [-0.05, 0) is 61.0 Å². The van der Waals surface area contributed by atoms with Crippen LogP contribution < -0.4 is 5.32 Å². The summed E-state index contributed by atoms with van der Waals surface area (Å²) in [6.07, 6.45) is 2.72. The van der Waals surface area contributed by atoms with Gasteiger partial charge in [-0.15, -0.1) is 21.5 Å². The van der Waals surface area contributed by atoms with Crippen molar-refractivity contribution in [2.45, 2.75) is 36.2 Å².